The molecule has 0 aliphatic carbocycles. The van der Waals surface area contributed by atoms with Crippen molar-refractivity contribution < 1.29 is 18.7 Å². The maximum absolute atomic E-state index is 13.1. The smallest absolute Gasteiger partial charge is 0.262 e. The molecule has 3 rings (SSSR count). The van der Waals surface area contributed by atoms with Gasteiger partial charge >= 0.3 is 0 Å². The zero-order valence-electron chi connectivity index (χ0n) is 19.7. The summed E-state index contributed by atoms with van der Waals surface area (Å²) >= 11 is 3.50. The summed E-state index contributed by atoms with van der Waals surface area (Å²) in [5.41, 5.74) is 5.75. The highest BCUT2D eigenvalue weighted by molar-refractivity contribution is 9.10. The van der Waals surface area contributed by atoms with Crippen LogP contribution in [0.25, 0.3) is 0 Å². The molecular formula is C27H27BrFN3O3. The fourth-order valence-electron chi connectivity index (χ4n) is 3.16. The number of nitrogens with zero attached hydrogens (tertiary/aromatic N) is 1. The molecule has 2 N–H and O–H groups in total. The number of carbonyl (C=O) groups excluding carboxylic acids is 2. The Morgan fingerprint density at radius 3 is 2.37 bits per heavy atom. The highest BCUT2D eigenvalue weighted by atomic mass is 79.9. The number of carbonyl (C=O) groups is 2. The van der Waals surface area contributed by atoms with Gasteiger partial charge in [-0.25, -0.2) is 9.82 Å². The summed E-state index contributed by atoms with van der Waals surface area (Å²) in [5.74, 6) is -0.854. The second-order valence-corrected chi connectivity index (χ2v) is 9.25. The summed E-state index contributed by atoms with van der Waals surface area (Å²) in [6.45, 7) is 6.11. The number of rotatable bonds is 9. The van der Waals surface area contributed by atoms with Crippen molar-refractivity contribution in [3.8, 4) is 5.75 Å². The van der Waals surface area contributed by atoms with E-state index >= 15 is 0 Å². The van der Waals surface area contributed by atoms with Gasteiger partial charge in [-0.15, -0.1) is 0 Å². The van der Waals surface area contributed by atoms with Gasteiger partial charge in [-0.05, 0) is 82.4 Å². The molecule has 0 spiro atoms. The lowest BCUT2D eigenvalue weighted by atomic mass is 10.0. The predicted molar refractivity (Wildman–Crippen MR) is 138 cm³/mol. The molecule has 182 valence electrons. The third-order valence-electron chi connectivity index (χ3n) is 5.20. The lowest BCUT2D eigenvalue weighted by molar-refractivity contribution is -0.123. The van der Waals surface area contributed by atoms with Gasteiger partial charge in [-0.3, -0.25) is 9.59 Å². The summed E-state index contributed by atoms with van der Waals surface area (Å²) in [7, 11) is 0. The molecule has 0 fully saturated rings. The van der Waals surface area contributed by atoms with E-state index in [0.29, 0.717) is 12.4 Å². The Kier molecular flexibility index (Phi) is 9.14. The van der Waals surface area contributed by atoms with Crippen molar-refractivity contribution in [2.75, 3.05) is 0 Å². The Labute approximate surface area is 212 Å². The second kappa shape index (κ2) is 12.3. The summed E-state index contributed by atoms with van der Waals surface area (Å²) in [6, 6.07) is 17.9. The number of amides is 2. The first-order valence-electron chi connectivity index (χ1n) is 11.1. The van der Waals surface area contributed by atoms with Gasteiger partial charge in [0.2, 0.25) is 0 Å². The van der Waals surface area contributed by atoms with Crippen molar-refractivity contribution in [1.29, 1.82) is 0 Å². The number of nitrogens with one attached hydrogen (secondary N) is 2. The minimum atomic E-state index is -0.811. The van der Waals surface area contributed by atoms with Crippen LogP contribution in [0, 0.1) is 18.7 Å². The minimum absolute atomic E-state index is 0.186. The van der Waals surface area contributed by atoms with Gasteiger partial charge in [0.15, 0.2) is 0 Å². The molecule has 35 heavy (non-hydrogen) atoms. The highest BCUT2D eigenvalue weighted by Gasteiger charge is 2.24. The molecule has 0 saturated carbocycles. The van der Waals surface area contributed by atoms with Gasteiger partial charge in [0.05, 0.1) is 10.7 Å². The number of halogens is 2. The Balaban J connectivity index is 1.56. The molecule has 0 radical (unpaired) electrons. The van der Waals surface area contributed by atoms with Gasteiger partial charge in [0.25, 0.3) is 11.8 Å². The van der Waals surface area contributed by atoms with Crippen LogP contribution in [0.15, 0.2) is 76.3 Å². The normalized spacial score (nSPS) is 11.9. The van der Waals surface area contributed by atoms with Crippen molar-refractivity contribution in [3.05, 3.63) is 99.3 Å². The molecule has 1 atom stereocenters. The van der Waals surface area contributed by atoms with E-state index in [9.17, 15) is 14.0 Å². The molecule has 0 bridgehead atoms. The van der Waals surface area contributed by atoms with Crippen molar-refractivity contribution in [3.63, 3.8) is 0 Å². The fourth-order valence-corrected chi connectivity index (χ4v) is 3.67. The van der Waals surface area contributed by atoms with Crippen LogP contribution in [-0.4, -0.2) is 24.1 Å². The average molecular weight is 540 g/mol. The van der Waals surface area contributed by atoms with Crippen molar-refractivity contribution in [2.24, 2.45) is 11.0 Å². The highest BCUT2D eigenvalue weighted by Crippen LogP contribution is 2.26. The molecule has 0 aliphatic rings. The fraction of sp³-hybridized carbons (Fsp3) is 0.222. The molecule has 8 heteroatoms. The second-order valence-electron chi connectivity index (χ2n) is 8.40. The monoisotopic (exact) mass is 539 g/mol. The molecule has 0 aromatic heterocycles. The van der Waals surface area contributed by atoms with Gasteiger partial charge in [0.1, 0.15) is 24.2 Å². The van der Waals surface area contributed by atoms with Gasteiger partial charge in [-0.1, -0.05) is 43.7 Å². The molecule has 6 nitrogen and oxygen atoms in total. The van der Waals surface area contributed by atoms with Crippen molar-refractivity contribution in [1.82, 2.24) is 10.7 Å². The van der Waals surface area contributed by atoms with Crippen LogP contribution < -0.4 is 15.5 Å². The van der Waals surface area contributed by atoms with Crippen LogP contribution in [0.2, 0.25) is 0 Å². The van der Waals surface area contributed by atoms with Crippen LogP contribution in [-0.2, 0) is 11.4 Å². The van der Waals surface area contributed by atoms with E-state index in [0.717, 1.165) is 15.6 Å². The molecule has 0 saturated heterocycles. The van der Waals surface area contributed by atoms with E-state index in [-0.39, 0.29) is 11.5 Å². The largest absolute Gasteiger partial charge is 0.488 e. The van der Waals surface area contributed by atoms with Crippen LogP contribution >= 0.6 is 15.9 Å². The third kappa shape index (κ3) is 7.75. The lowest BCUT2D eigenvalue weighted by Crippen LogP contribution is -2.48. The standard InChI is InChI=1S/C27H27BrFN3O3/c1-17(2)25(31-26(33)21-9-11-22(29)12-10-21)27(34)32-30-15-20-8-13-24(23(28)14-20)35-16-19-6-4-18(3)5-7-19/h4-15,17,25H,16H2,1-3H3,(H,31,33)(H,32,34)/b30-15+. The lowest BCUT2D eigenvalue weighted by Gasteiger charge is -2.20. The molecular weight excluding hydrogens is 513 g/mol. The molecule has 3 aromatic rings. The molecule has 2 amide bonds. The molecule has 0 aliphatic heterocycles. The van der Waals surface area contributed by atoms with E-state index in [1.807, 2.05) is 63.2 Å². The number of benzene rings is 3. The first-order valence-corrected chi connectivity index (χ1v) is 11.9. The number of hydrazone groups is 1. The maximum atomic E-state index is 13.1. The average Bonchev–Trinajstić information content (AvgIpc) is 2.83. The summed E-state index contributed by atoms with van der Waals surface area (Å²) < 4.78 is 19.7. The topological polar surface area (TPSA) is 79.8 Å². The third-order valence-corrected chi connectivity index (χ3v) is 5.82. The van der Waals surface area contributed by atoms with E-state index in [1.165, 1.54) is 36.0 Å². The van der Waals surface area contributed by atoms with E-state index in [4.69, 9.17) is 4.74 Å². The molecule has 0 heterocycles. The van der Waals surface area contributed by atoms with Crippen molar-refractivity contribution in [2.45, 2.75) is 33.4 Å². The number of hydrogen-bond acceptors (Lipinski definition) is 4. The van der Waals surface area contributed by atoms with E-state index < -0.39 is 23.7 Å². The van der Waals surface area contributed by atoms with Gasteiger partial charge in [-0.2, -0.15) is 5.10 Å². The Morgan fingerprint density at radius 2 is 1.74 bits per heavy atom. The first-order chi connectivity index (χ1) is 16.7. The van der Waals surface area contributed by atoms with Crippen LogP contribution in [0.5, 0.6) is 5.75 Å². The Morgan fingerprint density at radius 1 is 1.06 bits per heavy atom. The minimum Gasteiger partial charge on any atom is -0.488 e. The SMILES string of the molecule is Cc1ccc(COc2ccc(/C=N/NC(=O)C(NC(=O)c3ccc(F)cc3)C(C)C)cc2Br)cc1. The van der Waals surface area contributed by atoms with Gasteiger partial charge < -0.3 is 10.1 Å². The summed E-state index contributed by atoms with van der Waals surface area (Å²) in [6.07, 6.45) is 1.51. The zero-order valence-corrected chi connectivity index (χ0v) is 21.3. The quantitative estimate of drug-likeness (QED) is 0.283. The van der Waals surface area contributed by atoms with Crippen LogP contribution in [0.1, 0.15) is 40.9 Å². The van der Waals surface area contributed by atoms with Crippen LogP contribution in [0.4, 0.5) is 4.39 Å². The maximum Gasteiger partial charge on any atom is 0.262 e. The Hall–Kier alpha value is -3.52. The summed E-state index contributed by atoms with van der Waals surface area (Å²) in [5, 5.41) is 6.70. The Bertz CT molecular complexity index is 1200. The predicted octanol–water partition coefficient (Wildman–Crippen LogP) is 5.38. The molecule has 3 aromatic carbocycles. The number of aryl methyl sites for hydroxylation is 1. The van der Waals surface area contributed by atoms with Crippen molar-refractivity contribution >= 4 is 34.0 Å². The van der Waals surface area contributed by atoms with E-state index in [1.54, 1.807) is 0 Å². The van der Waals surface area contributed by atoms with Crippen LogP contribution in [0.3, 0.4) is 0 Å². The summed E-state index contributed by atoms with van der Waals surface area (Å²) in [4.78, 5) is 25.1. The first kappa shape index (κ1) is 26.1. The number of hydrogen-bond donors (Lipinski definition) is 2. The number of ether oxygens (including phenoxy) is 1. The molecule has 1 unspecified atom stereocenters. The van der Waals surface area contributed by atoms with Gasteiger partial charge in [0, 0.05) is 5.56 Å². The van der Waals surface area contributed by atoms with E-state index in [2.05, 4.69) is 31.8 Å². The zero-order chi connectivity index (χ0) is 25.4.